The largest absolute Gasteiger partial charge is 0.347 e. The van der Waals surface area contributed by atoms with Crippen molar-refractivity contribution in [2.45, 2.75) is 20.8 Å². The maximum Gasteiger partial charge on any atom is 0.243 e. The summed E-state index contributed by atoms with van der Waals surface area (Å²) in [5, 5.41) is 12.8. The van der Waals surface area contributed by atoms with E-state index >= 15 is 0 Å². The molecule has 2 aromatic rings. The van der Waals surface area contributed by atoms with Crippen LogP contribution in [-0.4, -0.2) is 33.1 Å². The van der Waals surface area contributed by atoms with E-state index in [1.807, 2.05) is 12.1 Å². The Labute approximate surface area is 128 Å². The van der Waals surface area contributed by atoms with Crippen LogP contribution in [0.3, 0.4) is 0 Å². The van der Waals surface area contributed by atoms with E-state index < -0.39 is 5.41 Å². The lowest BCUT2D eigenvalue weighted by Gasteiger charge is -2.17. The number of hydrogen-bond acceptors (Lipinski definition) is 4. The Morgan fingerprint density at radius 2 is 1.86 bits per heavy atom. The molecule has 0 aliphatic rings. The monoisotopic (exact) mass is 301 g/mol. The summed E-state index contributed by atoms with van der Waals surface area (Å²) in [7, 11) is 0. The number of carbonyl (C=O) groups excluding carboxylic acids is 2. The van der Waals surface area contributed by atoms with Crippen molar-refractivity contribution in [3.63, 3.8) is 0 Å². The van der Waals surface area contributed by atoms with E-state index in [2.05, 4.69) is 20.8 Å². The van der Waals surface area contributed by atoms with Gasteiger partial charge in [-0.25, -0.2) is 0 Å². The van der Waals surface area contributed by atoms with Crippen LogP contribution < -0.4 is 10.6 Å². The van der Waals surface area contributed by atoms with E-state index in [1.54, 1.807) is 50.1 Å². The average Bonchev–Trinajstić information content (AvgIpc) is 2.98. The van der Waals surface area contributed by atoms with Crippen molar-refractivity contribution < 1.29 is 9.59 Å². The molecule has 0 unspecified atom stereocenters. The van der Waals surface area contributed by atoms with Gasteiger partial charge in [0.05, 0.1) is 12.2 Å². The number of carbonyl (C=O) groups is 2. The van der Waals surface area contributed by atoms with Crippen LogP contribution in [0.5, 0.6) is 0 Å². The second kappa shape index (κ2) is 6.38. The predicted octanol–water partition coefficient (Wildman–Crippen LogP) is 1.37. The summed E-state index contributed by atoms with van der Waals surface area (Å²) in [5.74, 6) is -0.445. The van der Waals surface area contributed by atoms with Gasteiger partial charge in [-0.05, 0) is 18.2 Å². The molecule has 0 saturated carbocycles. The topological polar surface area (TPSA) is 88.9 Å². The van der Waals surface area contributed by atoms with Crippen LogP contribution in [0.25, 0.3) is 5.69 Å². The van der Waals surface area contributed by atoms with Crippen molar-refractivity contribution in [2.75, 3.05) is 11.9 Å². The molecular formula is C15H19N5O2. The fraction of sp³-hybridized carbons (Fsp3) is 0.333. The Morgan fingerprint density at radius 1 is 1.18 bits per heavy atom. The molecule has 0 atom stereocenters. The van der Waals surface area contributed by atoms with Gasteiger partial charge in [-0.15, -0.1) is 10.2 Å². The van der Waals surface area contributed by atoms with Gasteiger partial charge in [0, 0.05) is 11.1 Å². The standard InChI is InChI=1S/C15H19N5O2/c1-15(2,3)14(22)16-8-13(21)19-11-5-4-6-12(7-11)20-9-17-18-10-20/h4-7,9-10H,8H2,1-3H3,(H,16,22)(H,19,21). The number of aromatic nitrogens is 3. The van der Waals surface area contributed by atoms with Crippen LogP contribution >= 0.6 is 0 Å². The highest BCUT2D eigenvalue weighted by Gasteiger charge is 2.21. The fourth-order valence-corrected chi connectivity index (χ4v) is 1.71. The first-order chi connectivity index (χ1) is 10.4. The molecule has 2 rings (SSSR count). The maximum atomic E-state index is 11.9. The van der Waals surface area contributed by atoms with Gasteiger partial charge < -0.3 is 10.6 Å². The molecule has 7 heteroatoms. The highest BCUT2D eigenvalue weighted by atomic mass is 16.2. The summed E-state index contributed by atoms with van der Waals surface area (Å²) < 4.78 is 1.73. The Hall–Kier alpha value is -2.70. The van der Waals surface area contributed by atoms with Gasteiger partial charge in [0.1, 0.15) is 12.7 Å². The van der Waals surface area contributed by atoms with Gasteiger partial charge in [0.25, 0.3) is 0 Å². The molecule has 2 amide bonds. The highest BCUT2D eigenvalue weighted by Crippen LogP contribution is 2.14. The zero-order valence-corrected chi connectivity index (χ0v) is 12.8. The van der Waals surface area contributed by atoms with E-state index in [4.69, 9.17) is 0 Å². The zero-order chi connectivity index (χ0) is 16.2. The molecule has 1 aromatic heterocycles. The van der Waals surface area contributed by atoms with Gasteiger partial charge in [-0.3, -0.25) is 14.2 Å². The van der Waals surface area contributed by atoms with E-state index in [0.29, 0.717) is 5.69 Å². The van der Waals surface area contributed by atoms with E-state index in [9.17, 15) is 9.59 Å². The van der Waals surface area contributed by atoms with Crippen LogP contribution in [0.1, 0.15) is 20.8 Å². The highest BCUT2D eigenvalue weighted by molar-refractivity contribution is 5.95. The van der Waals surface area contributed by atoms with Crippen molar-refractivity contribution in [1.29, 1.82) is 0 Å². The second-order valence-electron chi connectivity index (χ2n) is 5.90. The first-order valence-corrected chi connectivity index (χ1v) is 6.89. The van der Waals surface area contributed by atoms with E-state index in [-0.39, 0.29) is 18.4 Å². The van der Waals surface area contributed by atoms with Crippen molar-refractivity contribution >= 4 is 17.5 Å². The molecule has 0 radical (unpaired) electrons. The molecule has 1 heterocycles. The van der Waals surface area contributed by atoms with E-state index in [1.165, 1.54) is 0 Å². The van der Waals surface area contributed by atoms with E-state index in [0.717, 1.165) is 5.69 Å². The average molecular weight is 301 g/mol. The molecule has 2 N–H and O–H groups in total. The van der Waals surface area contributed by atoms with Crippen molar-refractivity contribution in [2.24, 2.45) is 5.41 Å². The summed E-state index contributed by atoms with van der Waals surface area (Å²) in [4.78, 5) is 23.6. The molecule has 0 bridgehead atoms. The Kier molecular flexibility index (Phi) is 4.55. The van der Waals surface area contributed by atoms with Crippen molar-refractivity contribution in [3.05, 3.63) is 36.9 Å². The summed E-state index contributed by atoms with van der Waals surface area (Å²) >= 11 is 0. The van der Waals surface area contributed by atoms with Crippen LogP contribution in [0.4, 0.5) is 5.69 Å². The lowest BCUT2D eigenvalue weighted by atomic mass is 9.96. The molecular weight excluding hydrogens is 282 g/mol. The Balaban J connectivity index is 1.95. The Morgan fingerprint density at radius 3 is 2.50 bits per heavy atom. The third-order valence-corrected chi connectivity index (χ3v) is 2.94. The first kappa shape index (κ1) is 15.7. The summed E-state index contributed by atoms with van der Waals surface area (Å²) in [6.07, 6.45) is 3.15. The molecule has 0 aliphatic carbocycles. The number of benzene rings is 1. The lowest BCUT2D eigenvalue weighted by Crippen LogP contribution is -2.39. The van der Waals surface area contributed by atoms with Crippen LogP contribution in [0.2, 0.25) is 0 Å². The normalized spacial score (nSPS) is 11.0. The summed E-state index contributed by atoms with van der Waals surface area (Å²) in [6, 6.07) is 7.27. The molecule has 0 aliphatic heterocycles. The second-order valence-corrected chi connectivity index (χ2v) is 5.90. The number of nitrogens with zero attached hydrogens (tertiary/aromatic N) is 3. The molecule has 0 saturated heterocycles. The molecule has 116 valence electrons. The van der Waals surface area contributed by atoms with Gasteiger partial charge in [-0.1, -0.05) is 26.8 Å². The van der Waals surface area contributed by atoms with Crippen LogP contribution in [0, 0.1) is 5.41 Å². The fourth-order valence-electron chi connectivity index (χ4n) is 1.71. The van der Waals surface area contributed by atoms with Gasteiger partial charge >= 0.3 is 0 Å². The third kappa shape index (κ3) is 4.15. The third-order valence-electron chi connectivity index (χ3n) is 2.94. The summed E-state index contributed by atoms with van der Waals surface area (Å²) in [5.41, 5.74) is 0.956. The van der Waals surface area contributed by atoms with Crippen molar-refractivity contribution in [3.8, 4) is 5.69 Å². The van der Waals surface area contributed by atoms with Crippen molar-refractivity contribution in [1.82, 2.24) is 20.1 Å². The maximum absolute atomic E-state index is 11.9. The predicted molar refractivity (Wildman–Crippen MR) is 82.5 cm³/mol. The quantitative estimate of drug-likeness (QED) is 0.892. The minimum atomic E-state index is -0.519. The van der Waals surface area contributed by atoms with Gasteiger partial charge in [-0.2, -0.15) is 0 Å². The molecule has 0 fully saturated rings. The number of nitrogens with one attached hydrogen (secondary N) is 2. The van der Waals surface area contributed by atoms with Gasteiger partial charge in [0.2, 0.25) is 11.8 Å². The summed E-state index contributed by atoms with van der Waals surface area (Å²) in [6.45, 7) is 5.32. The number of amides is 2. The smallest absolute Gasteiger partial charge is 0.243 e. The molecule has 1 aromatic carbocycles. The molecule has 0 spiro atoms. The zero-order valence-electron chi connectivity index (χ0n) is 12.8. The lowest BCUT2D eigenvalue weighted by molar-refractivity contribution is -0.130. The van der Waals surface area contributed by atoms with Crippen LogP contribution in [-0.2, 0) is 9.59 Å². The minimum absolute atomic E-state index is 0.0625. The van der Waals surface area contributed by atoms with Crippen LogP contribution in [0.15, 0.2) is 36.9 Å². The number of hydrogen-bond donors (Lipinski definition) is 2. The molecule has 22 heavy (non-hydrogen) atoms. The minimum Gasteiger partial charge on any atom is -0.347 e. The van der Waals surface area contributed by atoms with Gasteiger partial charge in [0.15, 0.2) is 0 Å². The Bertz CT molecular complexity index is 659. The first-order valence-electron chi connectivity index (χ1n) is 6.89. The molecule has 7 nitrogen and oxygen atoms in total. The number of anilines is 1. The SMILES string of the molecule is CC(C)(C)C(=O)NCC(=O)Nc1cccc(-n2cnnc2)c1. The number of rotatable bonds is 4.